The Kier molecular flexibility index (Phi) is 3.19. The Morgan fingerprint density at radius 3 is 2.79 bits per heavy atom. The Bertz CT molecular complexity index is 293. The molecular formula is C11H15BrN2. The van der Waals surface area contributed by atoms with Crippen molar-refractivity contribution in [2.24, 2.45) is 11.7 Å². The molecule has 1 aromatic heterocycles. The van der Waals surface area contributed by atoms with Crippen molar-refractivity contribution in [1.29, 1.82) is 0 Å². The molecule has 0 saturated heterocycles. The molecule has 1 fully saturated rings. The van der Waals surface area contributed by atoms with Crippen LogP contribution in [0.25, 0.3) is 0 Å². The summed E-state index contributed by atoms with van der Waals surface area (Å²) in [6.45, 7) is 0. The van der Waals surface area contributed by atoms with E-state index in [4.69, 9.17) is 5.73 Å². The average molecular weight is 255 g/mol. The van der Waals surface area contributed by atoms with Gasteiger partial charge in [-0.3, -0.25) is 4.98 Å². The summed E-state index contributed by atoms with van der Waals surface area (Å²) in [5.41, 5.74) is 7.09. The molecule has 1 aliphatic rings. The summed E-state index contributed by atoms with van der Waals surface area (Å²) in [5, 5.41) is 0. The summed E-state index contributed by atoms with van der Waals surface area (Å²) in [5.74, 6) is 0.843. The average Bonchev–Trinajstić information content (AvgIpc) is 2.12. The molecule has 3 heteroatoms. The Labute approximate surface area is 93.0 Å². The summed E-state index contributed by atoms with van der Waals surface area (Å²) in [7, 11) is 0. The van der Waals surface area contributed by atoms with E-state index in [0.29, 0.717) is 0 Å². The molecule has 2 rings (SSSR count). The first kappa shape index (κ1) is 10.1. The van der Waals surface area contributed by atoms with Crippen molar-refractivity contribution in [2.45, 2.75) is 31.7 Å². The number of aromatic nitrogens is 1. The fraction of sp³-hybridized carbons (Fsp3) is 0.545. The van der Waals surface area contributed by atoms with E-state index in [0.717, 1.165) is 22.5 Å². The normalized spacial score (nSPS) is 19.0. The predicted octanol–water partition coefficient (Wildman–Crippen LogP) is 3.03. The van der Waals surface area contributed by atoms with E-state index in [9.17, 15) is 0 Å². The van der Waals surface area contributed by atoms with Gasteiger partial charge >= 0.3 is 0 Å². The molecule has 0 spiro atoms. The van der Waals surface area contributed by atoms with Crippen LogP contribution in [0.5, 0.6) is 0 Å². The zero-order valence-corrected chi connectivity index (χ0v) is 9.70. The maximum atomic E-state index is 6.08. The number of nitrogens with two attached hydrogens (primary N) is 1. The van der Waals surface area contributed by atoms with Crippen LogP contribution >= 0.6 is 15.9 Å². The topological polar surface area (TPSA) is 38.9 Å². The van der Waals surface area contributed by atoms with Gasteiger partial charge < -0.3 is 5.73 Å². The van der Waals surface area contributed by atoms with Gasteiger partial charge in [-0.15, -0.1) is 0 Å². The maximum absolute atomic E-state index is 6.08. The highest BCUT2D eigenvalue weighted by atomic mass is 79.9. The van der Waals surface area contributed by atoms with Crippen LogP contribution in [0, 0.1) is 5.92 Å². The largest absolute Gasteiger partial charge is 0.323 e. The van der Waals surface area contributed by atoms with Crippen molar-refractivity contribution in [1.82, 2.24) is 4.98 Å². The standard InChI is InChI=1S/C11H15BrN2/c12-9-4-5-11(14-7-9)10(13)6-8-2-1-3-8/h4-5,7-8,10H,1-3,6,13H2. The second kappa shape index (κ2) is 4.41. The summed E-state index contributed by atoms with van der Waals surface area (Å²) < 4.78 is 1.01. The van der Waals surface area contributed by atoms with Crippen LogP contribution in [0.1, 0.15) is 37.4 Å². The Morgan fingerprint density at radius 2 is 2.29 bits per heavy atom. The summed E-state index contributed by atoms with van der Waals surface area (Å²) in [6, 6.07) is 4.13. The third-order valence-electron chi connectivity index (χ3n) is 2.94. The lowest BCUT2D eigenvalue weighted by Crippen LogP contribution is -2.20. The molecule has 14 heavy (non-hydrogen) atoms. The second-order valence-corrected chi connectivity index (χ2v) is 4.96. The van der Waals surface area contributed by atoms with E-state index < -0.39 is 0 Å². The van der Waals surface area contributed by atoms with Gasteiger partial charge in [0, 0.05) is 16.7 Å². The number of hydrogen-bond acceptors (Lipinski definition) is 2. The fourth-order valence-electron chi connectivity index (χ4n) is 1.81. The quantitative estimate of drug-likeness (QED) is 0.901. The van der Waals surface area contributed by atoms with E-state index in [2.05, 4.69) is 20.9 Å². The maximum Gasteiger partial charge on any atom is 0.0571 e. The van der Waals surface area contributed by atoms with E-state index in [-0.39, 0.29) is 6.04 Å². The fourth-order valence-corrected chi connectivity index (χ4v) is 2.05. The zero-order chi connectivity index (χ0) is 9.97. The highest BCUT2D eigenvalue weighted by Gasteiger charge is 2.21. The highest BCUT2D eigenvalue weighted by molar-refractivity contribution is 9.10. The molecule has 2 N–H and O–H groups in total. The molecule has 76 valence electrons. The second-order valence-electron chi connectivity index (χ2n) is 4.04. The molecule has 0 amide bonds. The van der Waals surface area contributed by atoms with Crippen LogP contribution in [0.2, 0.25) is 0 Å². The summed E-state index contributed by atoms with van der Waals surface area (Å²) >= 11 is 3.37. The third-order valence-corrected chi connectivity index (χ3v) is 3.41. The SMILES string of the molecule is NC(CC1CCC1)c1ccc(Br)cn1. The number of pyridine rings is 1. The van der Waals surface area contributed by atoms with Gasteiger partial charge in [0.1, 0.15) is 0 Å². The minimum absolute atomic E-state index is 0.119. The molecule has 1 aliphatic carbocycles. The number of halogens is 1. The van der Waals surface area contributed by atoms with Crippen molar-refractivity contribution in [3.8, 4) is 0 Å². The van der Waals surface area contributed by atoms with Gasteiger partial charge in [0.2, 0.25) is 0 Å². The van der Waals surface area contributed by atoms with Crippen molar-refractivity contribution in [3.63, 3.8) is 0 Å². The van der Waals surface area contributed by atoms with Crippen LogP contribution in [-0.2, 0) is 0 Å². The van der Waals surface area contributed by atoms with Crippen molar-refractivity contribution < 1.29 is 0 Å². The Morgan fingerprint density at radius 1 is 1.50 bits per heavy atom. The van der Waals surface area contributed by atoms with Gasteiger partial charge in [-0.1, -0.05) is 19.3 Å². The van der Waals surface area contributed by atoms with E-state index in [1.807, 2.05) is 18.3 Å². The van der Waals surface area contributed by atoms with Crippen molar-refractivity contribution in [2.75, 3.05) is 0 Å². The molecular weight excluding hydrogens is 240 g/mol. The smallest absolute Gasteiger partial charge is 0.0571 e. The molecule has 1 atom stereocenters. The van der Waals surface area contributed by atoms with Gasteiger partial charge in [0.25, 0.3) is 0 Å². The van der Waals surface area contributed by atoms with Gasteiger partial charge in [-0.25, -0.2) is 0 Å². The van der Waals surface area contributed by atoms with Gasteiger partial charge in [-0.05, 0) is 40.4 Å². The highest BCUT2D eigenvalue weighted by Crippen LogP contribution is 2.33. The Balaban J connectivity index is 1.95. The number of hydrogen-bond donors (Lipinski definition) is 1. The van der Waals surface area contributed by atoms with Gasteiger partial charge in [0.15, 0.2) is 0 Å². The lowest BCUT2D eigenvalue weighted by molar-refractivity contribution is 0.276. The summed E-state index contributed by atoms with van der Waals surface area (Å²) in [6.07, 6.45) is 6.99. The zero-order valence-electron chi connectivity index (χ0n) is 8.12. The molecule has 0 bridgehead atoms. The predicted molar refractivity (Wildman–Crippen MR) is 60.8 cm³/mol. The van der Waals surface area contributed by atoms with Gasteiger partial charge in [-0.2, -0.15) is 0 Å². The molecule has 1 aromatic rings. The van der Waals surface area contributed by atoms with Crippen LogP contribution in [0.4, 0.5) is 0 Å². The van der Waals surface area contributed by atoms with Crippen LogP contribution < -0.4 is 5.73 Å². The molecule has 1 saturated carbocycles. The van der Waals surface area contributed by atoms with Crippen LogP contribution in [0.3, 0.4) is 0 Å². The molecule has 2 nitrogen and oxygen atoms in total. The molecule has 0 aromatic carbocycles. The summed E-state index contributed by atoms with van der Waals surface area (Å²) in [4.78, 5) is 4.32. The van der Waals surface area contributed by atoms with Gasteiger partial charge in [0.05, 0.1) is 5.69 Å². The Hall–Kier alpha value is -0.410. The minimum Gasteiger partial charge on any atom is -0.323 e. The number of nitrogens with zero attached hydrogens (tertiary/aromatic N) is 1. The van der Waals surface area contributed by atoms with E-state index >= 15 is 0 Å². The minimum atomic E-state index is 0.119. The molecule has 0 aliphatic heterocycles. The third kappa shape index (κ3) is 2.34. The monoisotopic (exact) mass is 254 g/mol. The first-order valence-corrected chi connectivity index (χ1v) is 5.92. The number of rotatable bonds is 3. The molecule has 1 unspecified atom stereocenters. The van der Waals surface area contributed by atoms with E-state index in [1.54, 1.807) is 0 Å². The van der Waals surface area contributed by atoms with Crippen molar-refractivity contribution in [3.05, 3.63) is 28.5 Å². The lowest BCUT2D eigenvalue weighted by Gasteiger charge is -2.27. The first-order chi connectivity index (χ1) is 6.75. The molecule has 0 radical (unpaired) electrons. The first-order valence-electron chi connectivity index (χ1n) is 5.13. The van der Waals surface area contributed by atoms with Crippen LogP contribution in [0.15, 0.2) is 22.8 Å². The van der Waals surface area contributed by atoms with Crippen LogP contribution in [-0.4, -0.2) is 4.98 Å². The van der Waals surface area contributed by atoms with E-state index in [1.165, 1.54) is 19.3 Å². The van der Waals surface area contributed by atoms with Crippen molar-refractivity contribution >= 4 is 15.9 Å². The molecule has 1 heterocycles. The lowest BCUT2D eigenvalue weighted by atomic mass is 9.80.